The number of nitrogens with one attached hydrogen (secondary N) is 2. The molecule has 0 spiro atoms. The molecule has 0 amide bonds. The zero-order valence-corrected chi connectivity index (χ0v) is 9.43. The largest absolute Gasteiger partial charge is 0.350 e. The van der Waals surface area contributed by atoms with Gasteiger partial charge in [0.1, 0.15) is 0 Å². The summed E-state index contributed by atoms with van der Waals surface area (Å²) >= 11 is 0. The molecule has 14 heavy (non-hydrogen) atoms. The van der Waals surface area contributed by atoms with Crippen molar-refractivity contribution in [3.63, 3.8) is 0 Å². The summed E-state index contributed by atoms with van der Waals surface area (Å²) < 4.78 is 0. The molecule has 4 nitrogen and oxygen atoms in total. The Bertz CT molecular complexity index is 206. The van der Waals surface area contributed by atoms with Crippen molar-refractivity contribution in [3.8, 4) is 0 Å². The fourth-order valence-electron chi connectivity index (χ4n) is 1.50. The molecule has 0 aromatic rings. The highest BCUT2D eigenvalue weighted by Crippen LogP contribution is 2.23. The Morgan fingerprint density at radius 1 is 1.50 bits per heavy atom. The Morgan fingerprint density at radius 2 is 2.14 bits per heavy atom. The average Bonchev–Trinajstić information content (AvgIpc) is 2.86. The van der Waals surface area contributed by atoms with Gasteiger partial charge in [0.05, 0.1) is 6.04 Å². The van der Waals surface area contributed by atoms with Crippen molar-refractivity contribution < 1.29 is 0 Å². The zero-order chi connectivity index (χ0) is 10.6. The predicted molar refractivity (Wildman–Crippen MR) is 59.9 cm³/mol. The fraction of sp³-hybridized carbons (Fsp3) is 0.900. The summed E-state index contributed by atoms with van der Waals surface area (Å²) in [5, 5.41) is 3.33. The maximum Gasteiger partial charge on any atom is 0.206 e. The molecule has 82 valence electrons. The molecule has 0 bridgehead atoms. The van der Waals surface area contributed by atoms with E-state index in [1.165, 1.54) is 12.8 Å². The molecule has 1 fully saturated rings. The smallest absolute Gasteiger partial charge is 0.206 e. The molecular formula is C10H22N4. The lowest BCUT2D eigenvalue weighted by molar-refractivity contribution is 0.414. The standard InChI is InChI=1S/C10H22N4/c1-4-7-10(2,3)13-9(14-11)12-8-5-6-8/h8H,4-7,11H2,1-3H3,(H2,12,13,14). The molecule has 4 N–H and O–H groups in total. The van der Waals surface area contributed by atoms with Gasteiger partial charge in [0, 0.05) is 5.54 Å². The van der Waals surface area contributed by atoms with E-state index in [0.717, 1.165) is 18.8 Å². The Labute approximate surface area is 86.3 Å². The van der Waals surface area contributed by atoms with E-state index in [0.29, 0.717) is 6.04 Å². The second kappa shape index (κ2) is 4.64. The molecule has 0 aliphatic heterocycles. The average molecular weight is 198 g/mol. The van der Waals surface area contributed by atoms with E-state index in [4.69, 9.17) is 5.84 Å². The van der Waals surface area contributed by atoms with Gasteiger partial charge in [-0.25, -0.2) is 10.8 Å². The van der Waals surface area contributed by atoms with Crippen LogP contribution in [0.1, 0.15) is 46.5 Å². The van der Waals surface area contributed by atoms with Crippen LogP contribution in [0.2, 0.25) is 0 Å². The molecule has 4 heteroatoms. The number of nitrogens with zero attached hydrogens (tertiary/aromatic N) is 1. The third-order valence-electron chi connectivity index (χ3n) is 2.33. The summed E-state index contributed by atoms with van der Waals surface area (Å²) in [7, 11) is 0. The number of nitrogens with two attached hydrogens (primary N) is 1. The molecule has 0 aromatic heterocycles. The minimum atomic E-state index is 0.0643. The SMILES string of the molecule is CCCC(C)(C)NC(=NC1CC1)NN. The van der Waals surface area contributed by atoms with E-state index < -0.39 is 0 Å². The van der Waals surface area contributed by atoms with Crippen molar-refractivity contribution in [2.24, 2.45) is 10.8 Å². The van der Waals surface area contributed by atoms with Gasteiger partial charge in [-0.2, -0.15) is 0 Å². The minimum absolute atomic E-state index is 0.0643. The lowest BCUT2D eigenvalue weighted by Gasteiger charge is -2.27. The van der Waals surface area contributed by atoms with Gasteiger partial charge in [-0.05, 0) is 33.1 Å². The number of hydrazine groups is 1. The van der Waals surface area contributed by atoms with Crippen LogP contribution in [0, 0.1) is 0 Å². The highest BCUT2D eigenvalue weighted by atomic mass is 15.3. The van der Waals surface area contributed by atoms with Crippen LogP contribution in [-0.4, -0.2) is 17.5 Å². The van der Waals surface area contributed by atoms with Crippen LogP contribution in [0.15, 0.2) is 4.99 Å². The molecule has 1 aliphatic rings. The first-order valence-electron chi connectivity index (χ1n) is 5.40. The Kier molecular flexibility index (Phi) is 3.75. The topological polar surface area (TPSA) is 62.4 Å². The van der Waals surface area contributed by atoms with Crippen molar-refractivity contribution in [1.82, 2.24) is 10.7 Å². The third-order valence-corrected chi connectivity index (χ3v) is 2.33. The van der Waals surface area contributed by atoms with Crippen LogP contribution < -0.4 is 16.6 Å². The van der Waals surface area contributed by atoms with Crippen molar-refractivity contribution in [3.05, 3.63) is 0 Å². The van der Waals surface area contributed by atoms with Crippen molar-refractivity contribution >= 4 is 5.96 Å². The van der Waals surface area contributed by atoms with E-state index in [1.807, 2.05) is 0 Å². The quantitative estimate of drug-likeness (QED) is 0.275. The normalized spacial score (nSPS) is 18.1. The highest BCUT2D eigenvalue weighted by Gasteiger charge is 2.23. The maximum atomic E-state index is 5.41. The van der Waals surface area contributed by atoms with Gasteiger partial charge in [0.2, 0.25) is 5.96 Å². The van der Waals surface area contributed by atoms with Gasteiger partial charge in [-0.15, -0.1) is 0 Å². The Balaban J connectivity index is 2.45. The first kappa shape index (κ1) is 11.3. The monoisotopic (exact) mass is 198 g/mol. The molecule has 1 aliphatic carbocycles. The summed E-state index contributed by atoms with van der Waals surface area (Å²) in [5.74, 6) is 6.14. The van der Waals surface area contributed by atoms with Crippen LogP contribution in [0.3, 0.4) is 0 Å². The van der Waals surface area contributed by atoms with Crippen molar-refractivity contribution in [1.29, 1.82) is 0 Å². The van der Waals surface area contributed by atoms with Gasteiger partial charge in [-0.3, -0.25) is 5.43 Å². The van der Waals surface area contributed by atoms with Crippen LogP contribution in [0.5, 0.6) is 0 Å². The predicted octanol–water partition coefficient (Wildman–Crippen LogP) is 1.14. The molecule has 0 atom stereocenters. The number of guanidine groups is 1. The van der Waals surface area contributed by atoms with E-state index in [1.54, 1.807) is 0 Å². The Hall–Kier alpha value is -0.770. The van der Waals surface area contributed by atoms with Crippen LogP contribution >= 0.6 is 0 Å². The minimum Gasteiger partial charge on any atom is -0.350 e. The molecule has 0 radical (unpaired) electrons. The number of hydrogen-bond donors (Lipinski definition) is 3. The van der Waals surface area contributed by atoms with Gasteiger partial charge >= 0.3 is 0 Å². The Morgan fingerprint density at radius 3 is 2.57 bits per heavy atom. The van der Waals surface area contributed by atoms with E-state index in [9.17, 15) is 0 Å². The van der Waals surface area contributed by atoms with Gasteiger partial charge in [0.25, 0.3) is 0 Å². The lowest BCUT2D eigenvalue weighted by atomic mass is 9.99. The van der Waals surface area contributed by atoms with Gasteiger partial charge < -0.3 is 5.32 Å². The molecule has 0 unspecified atom stereocenters. The van der Waals surface area contributed by atoms with Gasteiger partial charge in [-0.1, -0.05) is 13.3 Å². The molecule has 0 heterocycles. The summed E-state index contributed by atoms with van der Waals surface area (Å²) in [6, 6.07) is 0.492. The zero-order valence-electron chi connectivity index (χ0n) is 9.43. The second-order valence-electron chi connectivity index (χ2n) is 4.61. The molecule has 0 aromatic carbocycles. The van der Waals surface area contributed by atoms with Crippen molar-refractivity contribution in [2.45, 2.75) is 58.0 Å². The summed E-state index contributed by atoms with van der Waals surface area (Å²) in [6.45, 7) is 6.50. The van der Waals surface area contributed by atoms with E-state index in [-0.39, 0.29) is 5.54 Å². The maximum absolute atomic E-state index is 5.41. The van der Waals surface area contributed by atoms with E-state index >= 15 is 0 Å². The fourth-order valence-corrected chi connectivity index (χ4v) is 1.50. The number of hydrogen-bond acceptors (Lipinski definition) is 2. The second-order valence-corrected chi connectivity index (χ2v) is 4.61. The van der Waals surface area contributed by atoms with Crippen LogP contribution in [0.4, 0.5) is 0 Å². The number of rotatable bonds is 4. The van der Waals surface area contributed by atoms with Crippen molar-refractivity contribution in [2.75, 3.05) is 0 Å². The molecular weight excluding hydrogens is 176 g/mol. The van der Waals surface area contributed by atoms with Crippen LogP contribution in [0.25, 0.3) is 0 Å². The van der Waals surface area contributed by atoms with Crippen LogP contribution in [-0.2, 0) is 0 Å². The first-order valence-corrected chi connectivity index (χ1v) is 5.40. The van der Waals surface area contributed by atoms with E-state index in [2.05, 4.69) is 36.5 Å². The molecule has 0 saturated heterocycles. The first-order chi connectivity index (χ1) is 6.57. The molecule has 1 saturated carbocycles. The summed E-state index contributed by atoms with van der Waals surface area (Å²) in [6.07, 6.45) is 4.65. The third kappa shape index (κ3) is 3.96. The summed E-state index contributed by atoms with van der Waals surface area (Å²) in [4.78, 5) is 4.44. The number of aliphatic imine (C=N–C) groups is 1. The summed E-state index contributed by atoms with van der Waals surface area (Å²) in [5.41, 5.74) is 2.69. The lowest BCUT2D eigenvalue weighted by Crippen LogP contribution is -2.51. The highest BCUT2D eigenvalue weighted by molar-refractivity contribution is 5.80. The molecule has 1 rings (SSSR count). The van der Waals surface area contributed by atoms with Gasteiger partial charge in [0.15, 0.2) is 0 Å².